The van der Waals surface area contributed by atoms with Crippen molar-refractivity contribution in [1.82, 2.24) is 14.1 Å². The maximum absolute atomic E-state index is 12.7. The third-order valence-electron chi connectivity index (χ3n) is 4.58. The van der Waals surface area contributed by atoms with Crippen LogP contribution in [0.15, 0.2) is 41.4 Å². The molecule has 0 saturated carbocycles. The molecule has 158 valence electrons. The fraction of sp³-hybridized carbons (Fsp3) is 0.444. The number of alkyl halides is 3. The van der Waals surface area contributed by atoms with Gasteiger partial charge in [-0.2, -0.15) is 22.6 Å². The second kappa shape index (κ2) is 8.54. The molecular weight excluding hydrogens is 409 g/mol. The lowest BCUT2D eigenvalue weighted by atomic mass is 10.2. The predicted molar refractivity (Wildman–Crippen MR) is 99.5 cm³/mol. The molecule has 0 radical (unpaired) electrons. The van der Waals surface area contributed by atoms with Gasteiger partial charge in [0.25, 0.3) is 0 Å². The lowest BCUT2D eigenvalue weighted by molar-refractivity contribution is -0.141. The molecule has 1 N–H and O–H groups in total. The first-order chi connectivity index (χ1) is 13.7. The number of rotatable bonds is 5. The molecule has 2 heterocycles. The molecule has 0 unspecified atom stereocenters. The van der Waals surface area contributed by atoms with Gasteiger partial charge in [-0.25, -0.2) is 8.42 Å². The van der Waals surface area contributed by atoms with Crippen molar-refractivity contribution in [3.05, 3.63) is 42.2 Å². The van der Waals surface area contributed by atoms with Crippen molar-refractivity contribution in [2.45, 2.75) is 43.3 Å². The summed E-state index contributed by atoms with van der Waals surface area (Å²) >= 11 is 0. The molecule has 11 heteroatoms. The first-order valence-corrected chi connectivity index (χ1v) is 10.6. The van der Waals surface area contributed by atoms with E-state index in [-0.39, 0.29) is 4.90 Å². The standard InChI is InChI=1S/C18H21F3N4O3S/c19-18(20,21)16-9-12-24(23-16)13-17(26)22-14-5-7-15(8-6-14)29(27,28)25-10-3-1-2-4-11-25/h5-9,12H,1-4,10-11,13H2,(H,22,26). The zero-order chi connectivity index (χ0) is 21.1. The van der Waals surface area contributed by atoms with Gasteiger partial charge in [0.2, 0.25) is 15.9 Å². The molecule has 29 heavy (non-hydrogen) atoms. The number of hydrogen-bond acceptors (Lipinski definition) is 4. The topological polar surface area (TPSA) is 84.3 Å². The van der Waals surface area contributed by atoms with Gasteiger partial charge in [0.1, 0.15) is 6.54 Å². The third-order valence-corrected chi connectivity index (χ3v) is 6.49. The third kappa shape index (κ3) is 5.36. The Bertz CT molecular complexity index is 947. The van der Waals surface area contributed by atoms with E-state index in [2.05, 4.69) is 10.4 Å². The van der Waals surface area contributed by atoms with E-state index >= 15 is 0 Å². The molecule has 7 nitrogen and oxygen atoms in total. The number of aromatic nitrogens is 2. The van der Waals surface area contributed by atoms with Gasteiger partial charge in [-0.3, -0.25) is 9.48 Å². The van der Waals surface area contributed by atoms with Gasteiger partial charge >= 0.3 is 6.18 Å². The summed E-state index contributed by atoms with van der Waals surface area (Å²) in [5.41, 5.74) is -0.735. The van der Waals surface area contributed by atoms with Crippen LogP contribution in [0.4, 0.5) is 18.9 Å². The number of anilines is 1. The van der Waals surface area contributed by atoms with Crippen LogP contribution in [0.2, 0.25) is 0 Å². The summed E-state index contributed by atoms with van der Waals surface area (Å²) in [6.45, 7) is 0.582. The lowest BCUT2D eigenvalue weighted by Gasteiger charge is -2.20. The first kappa shape index (κ1) is 21.3. The zero-order valence-electron chi connectivity index (χ0n) is 15.5. The van der Waals surface area contributed by atoms with Gasteiger partial charge in [0, 0.05) is 25.0 Å². The van der Waals surface area contributed by atoms with Crippen LogP contribution in [0.3, 0.4) is 0 Å². The van der Waals surface area contributed by atoms with E-state index in [9.17, 15) is 26.4 Å². The molecule has 0 aliphatic carbocycles. The summed E-state index contributed by atoms with van der Waals surface area (Å²) in [5.74, 6) is -0.579. The summed E-state index contributed by atoms with van der Waals surface area (Å²) in [4.78, 5) is 12.2. The van der Waals surface area contributed by atoms with Crippen LogP contribution in [0.25, 0.3) is 0 Å². The smallest absolute Gasteiger partial charge is 0.324 e. The van der Waals surface area contributed by atoms with Gasteiger partial charge in [0.15, 0.2) is 5.69 Å². The molecule has 0 spiro atoms. The maximum Gasteiger partial charge on any atom is 0.435 e. The Morgan fingerprint density at radius 2 is 1.66 bits per heavy atom. The van der Waals surface area contributed by atoms with E-state index < -0.39 is 34.3 Å². The van der Waals surface area contributed by atoms with E-state index in [1.54, 1.807) is 0 Å². The average molecular weight is 430 g/mol. The second-order valence-electron chi connectivity index (χ2n) is 6.79. The molecule has 1 aromatic carbocycles. The fourth-order valence-corrected chi connectivity index (χ4v) is 4.61. The van der Waals surface area contributed by atoms with Gasteiger partial charge < -0.3 is 5.32 Å². The maximum atomic E-state index is 12.7. The van der Waals surface area contributed by atoms with Crippen LogP contribution in [0.1, 0.15) is 31.4 Å². The molecule has 1 aliphatic heterocycles. The molecule has 0 atom stereocenters. The number of carbonyl (C=O) groups is 1. The van der Waals surface area contributed by atoms with Gasteiger partial charge in [-0.05, 0) is 43.2 Å². The number of amides is 1. The average Bonchev–Trinajstić information content (AvgIpc) is 2.95. The molecule has 1 aromatic heterocycles. The number of hydrogen-bond donors (Lipinski definition) is 1. The van der Waals surface area contributed by atoms with Gasteiger partial charge in [-0.15, -0.1) is 0 Å². The van der Waals surface area contributed by atoms with Crippen LogP contribution in [0.5, 0.6) is 0 Å². The minimum Gasteiger partial charge on any atom is -0.324 e. The predicted octanol–water partition coefficient (Wildman–Crippen LogP) is 3.11. The molecule has 3 rings (SSSR count). The summed E-state index contributed by atoms with van der Waals surface area (Å²) in [6.07, 6.45) is 0.179. The number of carbonyl (C=O) groups excluding carboxylic acids is 1. The summed E-state index contributed by atoms with van der Waals surface area (Å²) < 4.78 is 65.5. The minimum atomic E-state index is -4.57. The Balaban J connectivity index is 1.62. The fourth-order valence-electron chi connectivity index (χ4n) is 3.09. The van der Waals surface area contributed by atoms with Crippen molar-refractivity contribution in [2.24, 2.45) is 0 Å². The summed E-state index contributed by atoms with van der Waals surface area (Å²) in [7, 11) is -3.59. The Hall–Kier alpha value is -2.40. The van der Waals surface area contributed by atoms with Crippen molar-refractivity contribution in [1.29, 1.82) is 0 Å². The zero-order valence-corrected chi connectivity index (χ0v) is 16.3. The van der Waals surface area contributed by atoms with Crippen molar-refractivity contribution in [2.75, 3.05) is 18.4 Å². The van der Waals surface area contributed by atoms with Crippen LogP contribution >= 0.6 is 0 Å². The van der Waals surface area contributed by atoms with Crippen LogP contribution in [0, 0.1) is 0 Å². The normalized spacial score (nSPS) is 16.4. The lowest BCUT2D eigenvalue weighted by Crippen LogP contribution is -2.31. The minimum absolute atomic E-state index is 0.138. The Kier molecular flexibility index (Phi) is 6.27. The molecule has 1 saturated heterocycles. The molecule has 0 bridgehead atoms. The van der Waals surface area contributed by atoms with Crippen LogP contribution in [-0.2, 0) is 27.5 Å². The molecule has 1 aliphatic rings. The highest BCUT2D eigenvalue weighted by Gasteiger charge is 2.33. The Morgan fingerprint density at radius 1 is 1.03 bits per heavy atom. The van der Waals surface area contributed by atoms with E-state index in [0.717, 1.165) is 42.6 Å². The van der Waals surface area contributed by atoms with Gasteiger partial charge in [0.05, 0.1) is 4.90 Å². The number of nitrogens with one attached hydrogen (secondary N) is 1. The molecular formula is C18H21F3N4O3S. The molecule has 2 aromatic rings. The number of halogens is 3. The number of nitrogens with zero attached hydrogens (tertiary/aromatic N) is 3. The van der Waals surface area contributed by atoms with Crippen molar-refractivity contribution >= 4 is 21.6 Å². The summed E-state index contributed by atoms with van der Waals surface area (Å²) in [5, 5.41) is 5.83. The van der Waals surface area contributed by atoms with E-state index in [1.165, 1.54) is 28.6 Å². The van der Waals surface area contributed by atoms with Crippen LogP contribution in [-0.4, -0.2) is 41.5 Å². The monoisotopic (exact) mass is 430 g/mol. The molecule has 1 fully saturated rings. The quantitative estimate of drug-likeness (QED) is 0.790. The van der Waals surface area contributed by atoms with Gasteiger partial charge in [-0.1, -0.05) is 12.8 Å². The Labute approximate surface area is 166 Å². The highest BCUT2D eigenvalue weighted by atomic mass is 32.2. The Morgan fingerprint density at radius 3 is 2.21 bits per heavy atom. The van der Waals surface area contributed by atoms with E-state index in [0.29, 0.717) is 18.8 Å². The van der Waals surface area contributed by atoms with Crippen molar-refractivity contribution < 1.29 is 26.4 Å². The van der Waals surface area contributed by atoms with Crippen molar-refractivity contribution in [3.8, 4) is 0 Å². The molecule has 1 amide bonds. The van der Waals surface area contributed by atoms with E-state index in [1.807, 2.05) is 0 Å². The largest absolute Gasteiger partial charge is 0.435 e. The highest BCUT2D eigenvalue weighted by Crippen LogP contribution is 2.27. The summed E-state index contributed by atoms with van der Waals surface area (Å²) in [6, 6.07) is 6.51. The van der Waals surface area contributed by atoms with Crippen molar-refractivity contribution in [3.63, 3.8) is 0 Å². The number of benzene rings is 1. The second-order valence-corrected chi connectivity index (χ2v) is 8.73. The first-order valence-electron chi connectivity index (χ1n) is 9.17. The SMILES string of the molecule is O=C(Cn1ccc(C(F)(F)F)n1)Nc1ccc(S(=O)(=O)N2CCCCCC2)cc1. The highest BCUT2D eigenvalue weighted by molar-refractivity contribution is 7.89. The number of sulfonamides is 1. The van der Waals surface area contributed by atoms with Crippen LogP contribution < -0.4 is 5.32 Å². The van der Waals surface area contributed by atoms with E-state index in [4.69, 9.17) is 0 Å².